The van der Waals surface area contributed by atoms with Crippen molar-refractivity contribution in [2.45, 2.75) is 13.0 Å². The molecule has 0 atom stereocenters. The summed E-state index contributed by atoms with van der Waals surface area (Å²) in [6.07, 6.45) is 1.06. The Bertz CT molecular complexity index is 412. The minimum absolute atomic E-state index is 0.258. The quantitative estimate of drug-likeness (QED) is 0.848. The van der Waals surface area contributed by atoms with Crippen LogP contribution in [0.25, 0.3) is 0 Å². The van der Waals surface area contributed by atoms with Crippen LogP contribution in [-0.2, 0) is 6.54 Å². The van der Waals surface area contributed by atoms with Crippen molar-refractivity contribution in [3.05, 3.63) is 29.0 Å². The Balaban J connectivity index is 1.94. The Morgan fingerprint density at radius 1 is 1.47 bits per heavy atom. The molecular formula is C8H8F2N4S. The number of anilines is 1. The van der Waals surface area contributed by atoms with E-state index in [1.54, 1.807) is 6.20 Å². The number of hydrogen-bond acceptors (Lipinski definition) is 4. The van der Waals surface area contributed by atoms with Gasteiger partial charge in [-0.05, 0) is 11.6 Å². The first kappa shape index (κ1) is 10.0. The SMILES string of the molecule is FC(F)c1nnc(NCc2cc[nH]c2)s1. The Labute approximate surface area is 88.4 Å². The molecule has 0 spiro atoms. The van der Waals surface area contributed by atoms with Gasteiger partial charge in [0.2, 0.25) is 5.13 Å². The third kappa shape index (κ3) is 2.50. The van der Waals surface area contributed by atoms with Gasteiger partial charge in [-0.3, -0.25) is 0 Å². The molecule has 0 unspecified atom stereocenters. The number of alkyl halides is 2. The van der Waals surface area contributed by atoms with Crippen LogP contribution in [0.15, 0.2) is 18.5 Å². The van der Waals surface area contributed by atoms with Crippen LogP contribution in [0.2, 0.25) is 0 Å². The van der Waals surface area contributed by atoms with Gasteiger partial charge in [-0.2, -0.15) is 0 Å². The highest BCUT2D eigenvalue weighted by molar-refractivity contribution is 7.15. The summed E-state index contributed by atoms with van der Waals surface area (Å²) in [6.45, 7) is 0.543. The fourth-order valence-electron chi connectivity index (χ4n) is 1.04. The summed E-state index contributed by atoms with van der Waals surface area (Å²) in [5, 5.41) is 10.0. The van der Waals surface area contributed by atoms with E-state index < -0.39 is 6.43 Å². The summed E-state index contributed by atoms with van der Waals surface area (Å²) >= 11 is 0.869. The molecule has 0 amide bonds. The molecule has 2 heterocycles. The van der Waals surface area contributed by atoms with E-state index in [4.69, 9.17) is 0 Å². The average Bonchev–Trinajstić information content (AvgIpc) is 2.86. The predicted molar refractivity (Wildman–Crippen MR) is 53.0 cm³/mol. The summed E-state index contributed by atoms with van der Waals surface area (Å²) in [7, 11) is 0. The topological polar surface area (TPSA) is 53.6 Å². The van der Waals surface area contributed by atoms with Crippen LogP contribution in [0.4, 0.5) is 13.9 Å². The van der Waals surface area contributed by atoms with Gasteiger partial charge in [0.15, 0.2) is 5.01 Å². The van der Waals surface area contributed by atoms with Gasteiger partial charge in [0.05, 0.1) is 0 Å². The highest BCUT2D eigenvalue weighted by Gasteiger charge is 2.13. The Morgan fingerprint density at radius 2 is 2.33 bits per heavy atom. The van der Waals surface area contributed by atoms with E-state index in [-0.39, 0.29) is 5.01 Å². The van der Waals surface area contributed by atoms with E-state index in [9.17, 15) is 8.78 Å². The van der Waals surface area contributed by atoms with Crippen LogP contribution in [-0.4, -0.2) is 15.2 Å². The van der Waals surface area contributed by atoms with E-state index in [2.05, 4.69) is 20.5 Å². The standard InChI is InChI=1S/C8H8F2N4S/c9-6(10)7-13-14-8(15-7)12-4-5-1-2-11-3-5/h1-3,6,11H,4H2,(H,12,14). The fourth-order valence-corrected chi connectivity index (χ4v) is 1.64. The van der Waals surface area contributed by atoms with Gasteiger partial charge in [-0.25, -0.2) is 8.78 Å². The molecular weight excluding hydrogens is 222 g/mol. The lowest BCUT2D eigenvalue weighted by atomic mass is 10.3. The highest BCUT2D eigenvalue weighted by atomic mass is 32.1. The average molecular weight is 230 g/mol. The molecule has 0 fully saturated rings. The number of nitrogens with one attached hydrogen (secondary N) is 2. The van der Waals surface area contributed by atoms with E-state index in [0.29, 0.717) is 11.7 Å². The van der Waals surface area contributed by atoms with Crippen molar-refractivity contribution in [2.24, 2.45) is 0 Å². The molecule has 0 radical (unpaired) electrons. The maximum atomic E-state index is 12.2. The molecule has 2 N–H and O–H groups in total. The van der Waals surface area contributed by atoms with Gasteiger partial charge in [0, 0.05) is 18.9 Å². The molecule has 7 heteroatoms. The van der Waals surface area contributed by atoms with Crippen molar-refractivity contribution in [1.82, 2.24) is 15.2 Å². The first-order valence-corrected chi connectivity index (χ1v) is 5.04. The molecule has 0 aliphatic heterocycles. The second-order valence-electron chi connectivity index (χ2n) is 2.82. The van der Waals surface area contributed by atoms with Crippen LogP contribution in [0.1, 0.15) is 17.0 Å². The van der Waals surface area contributed by atoms with E-state index >= 15 is 0 Å². The summed E-state index contributed by atoms with van der Waals surface area (Å²) in [4.78, 5) is 2.90. The molecule has 0 aromatic carbocycles. The molecule has 2 rings (SSSR count). The third-order valence-corrected chi connectivity index (χ3v) is 2.62. The number of nitrogens with zero attached hydrogens (tertiary/aromatic N) is 2. The molecule has 4 nitrogen and oxygen atoms in total. The number of H-pyrrole nitrogens is 1. The van der Waals surface area contributed by atoms with Gasteiger partial charge < -0.3 is 10.3 Å². The number of aromatic nitrogens is 3. The zero-order valence-electron chi connectivity index (χ0n) is 7.58. The van der Waals surface area contributed by atoms with Crippen molar-refractivity contribution >= 4 is 16.5 Å². The van der Waals surface area contributed by atoms with E-state index in [1.165, 1.54) is 0 Å². The molecule has 2 aromatic rings. The molecule has 0 aliphatic rings. The Kier molecular flexibility index (Phi) is 2.91. The maximum absolute atomic E-state index is 12.2. The number of rotatable bonds is 4. The first-order chi connectivity index (χ1) is 7.25. The van der Waals surface area contributed by atoms with Gasteiger partial charge in [-0.15, -0.1) is 10.2 Å². The summed E-state index contributed by atoms with van der Waals surface area (Å²) in [5.74, 6) is 0. The third-order valence-electron chi connectivity index (χ3n) is 1.73. The van der Waals surface area contributed by atoms with E-state index in [1.807, 2.05) is 12.3 Å². The van der Waals surface area contributed by atoms with Gasteiger partial charge in [0.25, 0.3) is 6.43 Å². The molecule has 0 bridgehead atoms. The second kappa shape index (κ2) is 4.35. The number of halogens is 2. The van der Waals surface area contributed by atoms with Gasteiger partial charge >= 0.3 is 0 Å². The molecule has 2 aromatic heterocycles. The molecule has 0 aliphatic carbocycles. The van der Waals surface area contributed by atoms with Gasteiger partial charge in [0.1, 0.15) is 0 Å². The number of aromatic amines is 1. The Morgan fingerprint density at radius 3 is 2.93 bits per heavy atom. The van der Waals surface area contributed by atoms with Crippen molar-refractivity contribution in [1.29, 1.82) is 0 Å². The fraction of sp³-hybridized carbons (Fsp3) is 0.250. The van der Waals surface area contributed by atoms with Crippen molar-refractivity contribution < 1.29 is 8.78 Å². The minimum atomic E-state index is -2.55. The lowest BCUT2D eigenvalue weighted by Gasteiger charge is -1.97. The smallest absolute Gasteiger partial charge is 0.291 e. The van der Waals surface area contributed by atoms with Crippen LogP contribution in [0.5, 0.6) is 0 Å². The van der Waals surface area contributed by atoms with Crippen LogP contribution in [0, 0.1) is 0 Å². The normalized spacial score (nSPS) is 10.9. The summed E-state index contributed by atoms with van der Waals surface area (Å²) < 4.78 is 24.3. The van der Waals surface area contributed by atoms with Crippen molar-refractivity contribution in [3.8, 4) is 0 Å². The summed E-state index contributed by atoms with van der Waals surface area (Å²) in [6, 6.07) is 1.89. The van der Waals surface area contributed by atoms with Crippen LogP contribution < -0.4 is 5.32 Å². The first-order valence-electron chi connectivity index (χ1n) is 4.23. The van der Waals surface area contributed by atoms with Gasteiger partial charge in [-0.1, -0.05) is 11.3 Å². The summed E-state index contributed by atoms with van der Waals surface area (Å²) in [5.41, 5.74) is 1.03. The van der Waals surface area contributed by atoms with Crippen LogP contribution >= 0.6 is 11.3 Å². The lowest BCUT2D eigenvalue weighted by molar-refractivity contribution is 0.150. The monoisotopic (exact) mass is 230 g/mol. The molecule has 80 valence electrons. The predicted octanol–water partition coefficient (Wildman–Crippen LogP) is 2.42. The maximum Gasteiger partial charge on any atom is 0.291 e. The minimum Gasteiger partial charge on any atom is -0.367 e. The molecule has 0 saturated heterocycles. The zero-order valence-corrected chi connectivity index (χ0v) is 8.39. The largest absolute Gasteiger partial charge is 0.367 e. The lowest BCUT2D eigenvalue weighted by Crippen LogP contribution is -1.97. The Hall–Kier alpha value is -1.50. The van der Waals surface area contributed by atoms with E-state index in [0.717, 1.165) is 16.9 Å². The highest BCUT2D eigenvalue weighted by Crippen LogP contribution is 2.25. The van der Waals surface area contributed by atoms with Crippen molar-refractivity contribution in [2.75, 3.05) is 5.32 Å². The van der Waals surface area contributed by atoms with Crippen LogP contribution in [0.3, 0.4) is 0 Å². The zero-order chi connectivity index (χ0) is 10.7. The second-order valence-corrected chi connectivity index (χ2v) is 3.83. The molecule has 15 heavy (non-hydrogen) atoms. The molecule has 0 saturated carbocycles. The van der Waals surface area contributed by atoms with Crippen molar-refractivity contribution in [3.63, 3.8) is 0 Å². The number of hydrogen-bond donors (Lipinski definition) is 2.